The average molecular weight is 232 g/mol. The van der Waals surface area contributed by atoms with Crippen LogP contribution in [0.15, 0.2) is 0 Å². The molecule has 0 fully saturated rings. The largest absolute Gasteiger partial charge is 0.319 e. The molecule has 0 saturated heterocycles. The topological polar surface area (TPSA) is 15.3 Å². The molecule has 0 heterocycles. The van der Waals surface area contributed by atoms with Crippen LogP contribution in [-0.2, 0) is 0 Å². The number of hydrogen-bond acceptors (Lipinski definition) is 3. The van der Waals surface area contributed by atoms with Gasteiger partial charge in [0.25, 0.3) is 0 Å². The fourth-order valence-electron chi connectivity index (χ4n) is 2.23. The van der Waals surface area contributed by atoms with Crippen LogP contribution in [0.1, 0.15) is 26.7 Å². The van der Waals surface area contributed by atoms with Crippen molar-refractivity contribution < 1.29 is 0 Å². The van der Waals surface area contributed by atoms with Gasteiger partial charge in [-0.1, -0.05) is 20.3 Å². The minimum atomic E-state index is 0.427. The molecule has 0 aromatic carbocycles. The van der Waals surface area contributed by atoms with Crippen LogP contribution in [0.3, 0.4) is 0 Å². The van der Waals surface area contributed by atoms with Crippen LogP contribution < -0.4 is 5.32 Å². The summed E-state index contributed by atoms with van der Waals surface area (Å²) in [6.45, 7) is 8.18. The molecule has 0 aromatic rings. The monoisotopic (exact) mass is 232 g/mol. The van der Waals surface area contributed by atoms with Gasteiger partial charge in [-0.05, 0) is 32.2 Å². The Morgan fingerprint density at radius 1 is 1.40 bits per heavy atom. The Morgan fingerprint density at radius 3 is 2.53 bits per heavy atom. The summed E-state index contributed by atoms with van der Waals surface area (Å²) in [5, 5.41) is 3.32. The van der Waals surface area contributed by atoms with Crippen LogP contribution >= 0.6 is 11.8 Å². The van der Waals surface area contributed by atoms with Crippen molar-refractivity contribution in [3.05, 3.63) is 0 Å². The number of hydrogen-bond donors (Lipinski definition) is 1. The molecule has 0 saturated carbocycles. The van der Waals surface area contributed by atoms with Crippen molar-refractivity contribution in [1.82, 2.24) is 10.2 Å². The van der Waals surface area contributed by atoms with Crippen molar-refractivity contribution in [3.8, 4) is 0 Å². The lowest BCUT2D eigenvalue weighted by atomic mass is 9.85. The quantitative estimate of drug-likeness (QED) is 0.657. The molecule has 15 heavy (non-hydrogen) atoms. The van der Waals surface area contributed by atoms with Crippen molar-refractivity contribution in [2.24, 2.45) is 5.41 Å². The van der Waals surface area contributed by atoms with Crippen molar-refractivity contribution in [3.63, 3.8) is 0 Å². The van der Waals surface area contributed by atoms with E-state index in [1.807, 2.05) is 11.8 Å². The van der Waals surface area contributed by atoms with E-state index in [0.717, 1.165) is 6.54 Å². The summed E-state index contributed by atoms with van der Waals surface area (Å²) in [6.07, 6.45) is 4.75. The zero-order valence-electron chi connectivity index (χ0n) is 11.1. The Balaban J connectivity index is 4.02. The summed E-state index contributed by atoms with van der Waals surface area (Å²) in [5.41, 5.74) is 0.427. The van der Waals surface area contributed by atoms with Gasteiger partial charge in [-0.2, -0.15) is 11.8 Å². The van der Waals surface area contributed by atoms with E-state index in [1.165, 1.54) is 31.7 Å². The molecule has 0 bridgehead atoms. The first-order chi connectivity index (χ1) is 7.08. The van der Waals surface area contributed by atoms with Crippen LogP contribution in [0.5, 0.6) is 0 Å². The highest BCUT2D eigenvalue weighted by Crippen LogP contribution is 2.23. The van der Waals surface area contributed by atoms with Crippen LogP contribution in [-0.4, -0.2) is 50.6 Å². The molecule has 1 atom stereocenters. The molecule has 0 aliphatic heterocycles. The minimum absolute atomic E-state index is 0.427. The fourth-order valence-corrected chi connectivity index (χ4v) is 2.73. The third kappa shape index (κ3) is 7.20. The maximum absolute atomic E-state index is 3.32. The molecule has 0 aliphatic rings. The molecular formula is C12H28N2S. The zero-order valence-corrected chi connectivity index (χ0v) is 11.9. The fraction of sp³-hybridized carbons (Fsp3) is 1.00. The lowest BCUT2D eigenvalue weighted by Crippen LogP contribution is -2.40. The predicted molar refractivity (Wildman–Crippen MR) is 72.8 cm³/mol. The molecule has 0 spiro atoms. The van der Waals surface area contributed by atoms with E-state index in [9.17, 15) is 0 Å². The predicted octanol–water partition coefficient (Wildman–Crippen LogP) is 2.31. The van der Waals surface area contributed by atoms with Crippen LogP contribution in [0.25, 0.3) is 0 Å². The Hall–Kier alpha value is 0.270. The summed E-state index contributed by atoms with van der Waals surface area (Å²) in [7, 11) is 4.29. The highest BCUT2D eigenvalue weighted by molar-refractivity contribution is 7.98. The summed E-state index contributed by atoms with van der Waals surface area (Å²) in [6, 6.07) is 0. The summed E-state index contributed by atoms with van der Waals surface area (Å²) < 4.78 is 0. The van der Waals surface area contributed by atoms with Gasteiger partial charge in [0.05, 0.1) is 0 Å². The lowest BCUT2D eigenvalue weighted by molar-refractivity contribution is 0.182. The van der Waals surface area contributed by atoms with Gasteiger partial charge in [0.1, 0.15) is 0 Å². The number of nitrogens with zero attached hydrogens (tertiary/aromatic N) is 1. The number of rotatable bonds is 9. The van der Waals surface area contributed by atoms with Gasteiger partial charge in [0.2, 0.25) is 0 Å². The van der Waals surface area contributed by atoms with E-state index in [2.05, 4.69) is 44.4 Å². The second-order valence-electron chi connectivity index (χ2n) is 4.82. The maximum atomic E-state index is 3.32. The Bertz CT molecular complexity index is 145. The number of thioether (sulfide) groups is 1. The Morgan fingerprint density at radius 2 is 2.07 bits per heavy atom. The summed E-state index contributed by atoms with van der Waals surface area (Å²) in [4.78, 5) is 2.46. The van der Waals surface area contributed by atoms with Gasteiger partial charge in [-0.15, -0.1) is 0 Å². The molecule has 0 aromatic heterocycles. The van der Waals surface area contributed by atoms with Gasteiger partial charge in [-0.3, -0.25) is 0 Å². The molecule has 1 unspecified atom stereocenters. The standard InChI is InChI=1S/C12H28N2S/c1-6-7-12(2,10-13-3)11-14(4)8-9-15-5/h13H,6-11H2,1-5H3. The molecule has 0 amide bonds. The molecule has 1 N–H and O–H groups in total. The van der Waals surface area contributed by atoms with E-state index in [4.69, 9.17) is 0 Å². The summed E-state index contributed by atoms with van der Waals surface area (Å²) >= 11 is 1.93. The second kappa shape index (κ2) is 8.43. The first-order valence-electron chi connectivity index (χ1n) is 5.90. The van der Waals surface area contributed by atoms with Gasteiger partial charge < -0.3 is 10.2 Å². The van der Waals surface area contributed by atoms with Gasteiger partial charge in [-0.25, -0.2) is 0 Å². The van der Waals surface area contributed by atoms with Crippen molar-refractivity contribution >= 4 is 11.8 Å². The highest BCUT2D eigenvalue weighted by atomic mass is 32.2. The van der Waals surface area contributed by atoms with E-state index in [0.29, 0.717) is 5.41 Å². The highest BCUT2D eigenvalue weighted by Gasteiger charge is 2.23. The van der Waals surface area contributed by atoms with Gasteiger partial charge in [0.15, 0.2) is 0 Å². The molecule has 3 heteroatoms. The average Bonchev–Trinajstić information content (AvgIpc) is 2.15. The Kier molecular flexibility index (Phi) is 8.58. The van der Waals surface area contributed by atoms with Crippen LogP contribution in [0.2, 0.25) is 0 Å². The van der Waals surface area contributed by atoms with Crippen LogP contribution in [0, 0.1) is 5.41 Å². The van der Waals surface area contributed by atoms with Gasteiger partial charge >= 0.3 is 0 Å². The minimum Gasteiger partial charge on any atom is -0.319 e. The maximum Gasteiger partial charge on any atom is 0.00694 e. The van der Waals surface area contributed by atoms with E-state index < -0.39 is 0 Å². The first kappa shape index (κ1) is 15.3. The zero-order chi connectivity index (χ0) is 11.7. The normalized spacial score (nSPS) is 15.6. The molecule has 0 radical (unpaired) electrons. The first-order valence-corrected chi connectivity index (χ1v) is 7.29. The van der Waals surface area contributed by atoms with Gasteiger partial charge in [0, 0.05) is 25.4 Å². The molecule has 0 rings (SSSR count). The van der Waals surface area contributed by atoms with Crippen molar-refractivity contribution in [2.45, 2.75) is 26.7 Å². The van der Waals surface area contributed by atoms with Crippen molar-refractivity contribution in [2.75, 3.05) is 45.7 Å². The third-order valence-corrected chi connectivity index (χ3v) is 3.38. The molecule has 2 nitrogen and oxygen atoms in total. The SMILES string of the molecule is CCCC(C)(CNC)CN(C)CCSC. The second-order valence-corrected chi connectivity index (χ2v) is 5.81. The molecular weight excluding hydrogens is 204 g/mol. The summed E-state index contributed by atoms with van der Waals surface area (Å²) in [5.74, 6) is 1.23. The molecule has 92 valence electrons. The van der Waals surface area contributed by atoms with Crippen molar-refractivity contribution in [1.29, 1.82) is 0 Å². The van der Waals surface area contributed by atoms with E-state index in [1.54, 1.807) is 0 Å². The Labute approximate surface area is 100 Å². The number of nitrogens with one attached hydrogen (secondary N) is 1. The third-order valence-electron chi connectivity index (χ3n) is 2.79. The van der Waals surface area contributed by atoms with E-state index in [-0.39, 0.29) is 0 Å². The molecule has 0 aliphatic carbocycles. The van der Waals surface area contributed by atoms with E-state index >= 15 is 0 Å². The van der Waals surface area contributed by atoms with Crippen LogP contribution in [0.4, 0.5) is 0 Å². The lowest BCUT2D eigenvalue weighted by Gasteiger charge is -2.33. The smallest absolute Gasteiger partial charge is 0.00694 e.